The van der Waals surface area contributed by atoms with Crippen LogP contribution in [-0.2, 0) is 9.53 Å². The summed E-state index contributed by atoms with van der Waals surface area (Å²) in [6.07, 6.45) is 0. The maximum atomic E-state index is 11.7. The number of methoxy groups -OCH3 is 1. The summed E-state index contributed by atoms with van der Waals surface area (Å²) < 4.78 is 9.60. The third-order valence-corrected chi connectivity index (χ3v) is 2.86. The van der Waals surface area contributed by atoms with Crippen molar-refractivity contribution in [1.29, 1.82) is 0 Å². The van der Waals surface area contributed by atoms with Crippen LogP contribution >= 0.6 is 0 Å². The number of nitrogens with zero attached hydrogens (tertiary/aromatic N) is 1. The molecular formula is C15H19N3O7. The normalized spacial score (nSPS) is 10.1. The van der Waals surface area contributed by atoms with E-state index in [1.54, 1.807) is 0 Å². The van der Waals surface area contributed by atoms with Crippen molar-refractivity contribution in [2.24, 2.45) is 5.92 Å². The summed E-state index contributed by atoms with van der Waals surface area (Å²) in [5, 5.41) is 15.5. The van der Waals surface area contributed by atoms with Crippen molar-refractivity contribution in [1.82, 2.24) is 10.6 Å². The third kappa shape index (κ3) is 6.45. The zero-order valence-corrected chi connectivity index (χ0v) is 14.0. The lowest BCUT2D eigenvalue weighted by molar-refractivity contribution is -0.385. The number of amides is 3. The second-order valence-electron chi connectivity index (χ2n) is 5.37. The molecule has 10 heteroatoms. The smallest absolute Gasteiger partial charge is 0.337 e. The van der Waals surface area contributed by atoms with Crippen molar-refractivity contribution in [3.8, 4) is 5.75 Å². The van der Waals surface area contributed by atoms with Crippen LogP contribution in [0.5, 0.6) is 5.75 Å². The minimum absolute atomic E-state index is 0.0261. The molecule has 0 spiro atoms. The van der Waals surface area contributed by atoms with E-state index in [1.807, 2.05) is 19.2 Å². The van der Waals surface area contributed by atoms with Crippen molar-refractivity contribution in [2.45, 2.75) is 13.8 Å². The highest BCUT2D eigenvalue weighted by atomic mass is 16.6. The number of carbonyl (C=O) groups is 3. The van der Waals surface area contributed by atoms with Crippen molar-refractivity contribution < 1.29 is 28.8 Å². The Morgan fingerprint density at radius 3 is 2.52 bits per heavy atom. The molecule has 1 rings (SSSR count). The zero-order chi connectivity index (χ0) is 19.0. The number of urea groups is 1. The Balaban J connectivity index is 2.74. The van der Waals surface area contributed by atoms with Crippen molar-refractivity contribution in [2.75, 3.05) is 20.3 Å². The van der Waals surface area contributed by atoms with Crippen LogP contribution in [-0.4, -0.2) is 43.1 Å². The molecule has 0 fully saturated rings. The SMILES string of the molecule is COC(=O)c1ccc([N+](=O)[O-])c(OCC(=O)NC(=O)NCC(C)C)c1. The van der Waals surface area contributed by atoms with Gasteiger partial charge < -0.3 is 14.8 Å². The van der Waals surface area contributed by atoms with Gasteiger partial charge in [-0.15, -0.1) is 0 Å². The molecule has 0 aliphatic rings. The number of hydrogen-bond donors (Lipinski definition) is 2. The van der Waals surface area contributed by atoms with Gasteiger partial charge >= 0.3 is 17.7 Å². The van der Waals surface area contributed by atoms with Crippen LogP contribution in [0.2, 0.25) is 0 Å². The number of hydrogen-bond acceptors (Lipinski definition) is 7. The van der Waals surface area contributed by atoms with E-state index in [4.69, 9.17) is 4.74 Å². The third-order valence-electron chi connectivity index (χ3n) is 2.86. The fraction of sp³-hybridized carbons (Fsp3) is 0.400. The summed E-state index contributed by atoms with van der Waals surface area (Å²) in [6, 6.07) is 2.67. The minimum Gasteiger partial charge on any atom is -0.477 e. The summed E-state index contributed by atoms with van der Waals surface area (Å²) >= 11 is 0. The highest BCUT2D eigenvalue weighted by Crippen LogP contribution is 2.28. The Bertz CT molecular complexity index is 673. The highest BCUT2D eigenvalue weighted by Gasteiger charge is 2.20. The molecule has 10 nitrogen and oxygen atoms in total. The van der Waals surface area contributed by atoms with Gasteiger partial charge in [0.05, 0.1) is 17.6 Å². The van der Waals surface area contributed by atoms with Gasteiger partial charge in [0, 0.05) is 18.7 Å². The number of nitrogens with one attached hydrogen (secondary N) is 2. The van der Waals surface area contributed by atoms with E-state index >= 15 is 0 Å². The van der Waals surface area contributed by atoms with Crippen LogP contribution in [0.4, 0.5) is 10.5 Å². The molecule has 0 aliphatic heterocycles. The van der Waals surface area contributed by atoms with Gasteiger partial charge in [-0.2, -0.15) is 0 Å². The number of imide groups is 1. The van der Waals surface area contributed by atoms with Crippen LogP contribution in [0.3, 0.4) is 0 Å². The molecule has 25 heavy (non-hydrogen) atoms. The number of carbonyl (C=O) groups excluding carboxylic acids is 3. The molecule has 0 bridgehead atoms. The lowest BCUT2D eigenvalue weighted by Gasteiger charge is -2.10. The standard InChI is InChI=1S/C15H19N3O7/c1-9(2)7-16-15(21)17-13(19)8-25-12-6-10(14(20)24-3)4-5-11(12)18(22)23/h4-6,9H,7-8H2,1-3H3,(H2,16,17,19,21). The second kappa shape index (κ2) is 9.21. The van der Waals surface area contributed by atoms with E-state index in [2.05, 4.69) is 10.1 Å². The van der Waals surface area contributed by atoms with Gasteiger partial charge in [0.15, 0.2) is 12.4 Å². The fourth-order valence-electron chi connectivity index (χ4n) is 1.67. The minimum atomic E-state index is -0.793. The molecule has 2 N–H and O–H groups in total. The molecule has 0 atom stereocenters. The van der Waals surface area contributed by atoms with Gasteiger partial charge in [-0.05, 0) is 12.0 Å². The molecular weight excluding hydrogens is 334 g/mol. The average molecular weight is 353 g/mol. The summed E-state index contributed by atoms with van der Waals surface area (Å²) in [5.41, 5.74) is -0.400. The molecule has 1 aromatic carbocycles. The molecule has 0 saturated heterocycles. The second-order valence-corrected chi connectivity index (χ2v) is 5.37. The summed E-state index contributed by atoms with van der Waals surface area (Å²) in [5.74, 6) is -1.58. The monoisotopic (exact) mass is 353 g/mol. The summed E-state index contributed by atoms with van der Waals surface area (Å²) in [6.45, 7) is 3.52. The topological polar surface area (TPSA) is 137 Å². The first-order valence-electron chi connectivity index (χ1n) is 7.31. The molecule has 3 amide bonds. The van der Waals surface area contributed by atoms with Crippen molar-refractivity contribution in [3.05, 3.63) is 33.9 Å². The fourth-order valence-corrected chi connectivity index (χ4v) is 1.67. The van der Waals surface area contributed by atoms with Gasteiger partial charge in [0.25, 0.3) is 5.91 Å². The number of esters is 1. The van der Waals surface area contributed by atoms with Gasteiger partial charge in [-0.1, -0.05) is 13.8 Å². The molecule has 136 valence electrons. The number of benzene rings is 1. The van der Waals surface area contributed by atoms with E-state index in [-0.39, 0.29) is 17.2 Å². The molecule has 1 aromatic rings. The van der Waals surface area contributed by atoms with E-state index in [0.717, 1.165) is 19.2 Å². The van der Waals surface area contributed by atoms with E-state index in [0.29, 0.717) is 6.54 Å². The lowest BCUT2D eigenvalue weighted by Crippen LogP contribution is -2.42. The van der Waals surface area contributed by atoms with Crippen LogP contribution in [0.15, 0.2) is 18.2 Å². The Kier molecular flexibility index (Phi) is 7.32. The maximum Gasteiger partial charge on any atom is 0.337 e. The predicted octanol–water partition coefficient (Wildman–Crippen LogP) is 1.24. The van der Waals surface area contributed by atoms with Crippen LogP contribution in [0.25, 0.3) is 0 Å². The van der Waals surface area contributed by atoms with Gasteiger partial charge in [0.1, 0.15) is 0 Å². The average Bonchev–Trinajstić information content (AvgIpc) is 2.56. The van der Waals surface area contributed by atoms with Gasteiger partial charge in [0.2, 0.25) is 0 Å². The van der Waals surface area contributed by atoms with Crippen LogP contribution < -0.4 is 15.4 Å². The highest BCUT2D eigenvalue weighted by molar-refractivity contribution is 5.95. The molecule has 0 aromatic heterocycles. The van der Waals surface area contributed by atoms with Crippen LogP contribution in [0.1, 0.15) is 24.2 Å². The van der Waals surface area contributed by atoms with E-state index in [9.17, 15) is 24.5 Å². The number of nitro groups is 1. The first-order chi connectivity index (χ1) is 11.7. The first-order valence-corrected chi connectivity index (χ1v) is 7.31. The largest absolute Gasteiger partial charge is 0.477 e. The maximum absolute atomic E-state index is 11.7. The molecule has 0 heterocycles. The number of ether oxygens (including phenoxy) is 2. The predicted molar refractivity (Wildman–Crippen MR) is 86.3 cm³/mol. The Morgan fingerprint density at radius 1 is 1.28 bits per heavy atom. The Morgan fingerprint density at radius 2 is 1.96 bits per heavy atom. The van der Waals surface area contributed by atoms with Gasteiger partial charge in [-0.25, -0.2) is 9.59 Å². The molecule has 0 aliphatic carbocycles. The lowest BCUT2D eigenvalue weighted by atomic mass is 10.2. The van der Waals surface area contributed by atoms with Gasteiger partial charge in [-0.3, -0.25) is 20.2 Å². The molecule has 0 unspecified atom stereocenters. The quantitative estimate of drug-likeness (QED) is 0.427. The number of rotatable bonds is 7. The first kappa shape index (κ1) is 19.9. The van der Waals surface area contributed by atoms with Crippen LogP contribution in [0, 0.1) is 16.0 Å². The summed E-state index contributed by atoms with van der Waals surface area (Å²) in [4.78, 5) is 44.9. The van der Waals surface area contributed by atoms with E-state index < -0.39 is 35.1 Å². The van der Waals surface area contributed by atoms with E-state index in [1.165, 1.54) is 6.07 Å². The Labute approximate surface area is 143 Å². The van der Waals surface area contributed by atoms with Crippen molar-refractivity contribution in [3.63, 3.8) is 0 Å². The zero-order valence-electron chi connectivity index (χ0n) is 14.0. The summed E-state index contributed by atoms with van der Waals surface area (Å²) in [7, 11) is 1.16. The van der Waals surface area contributed by atoms with Crippen molar-refractivity contribution >= 4 is 23.6 Å². The molecule has 0 saturated carbocycles. The Hall–Kier alpha value is -3.17. The number of nitro benzene ring substituents is 1. The molecule has 0 radical (unpaired) electrons.